The molecular weight excluding hydrogens is 314 g/mol. The summed E-state index contributed by atoms with van der Waals surface area (Å²) in [4.78, 5) is 9.79. The third kappa shape index (κ3) is 9.42. The van der Waals surface area contributed by atoms with E-state index in [9.17, 15) is 0 Å². The number of rotatable bonds is 14. The number of likely N-dealkylation sites (N-methyl/N-ethyl adjacent to an activating group) is 1. The summed E-state index contributed by atoms with van der Waals surface area (Å²) in [7, 11) is 3.92. The van der Waals surface area contributed by atoms with E-state index in [4.69, 9.17) is 9.73 Å². The number of methoxy groups -OCH3 is 1. The first-order chi connectivity index (χ1) is 12.2. The summed E-state index contributed by atoms with van der Waals surface area (Å²) in [6.45, 7) is 10.2. The molecule has 6 nitrogen and oxygen atoms in total. The molecule has 0 radical (unpaired) electrons. The lowest BCUT2D eigenvalue weighted by Crippen LogP contribution is -2.41. The minimum Gasteiger partial charge on any atom is -0.385 e. The van der Waals surface area contributed by atoms with Crippen LogP contribution in [0.2, 0.25) is 0 Å². The molecule has 0 aliphatic heterocycles. The molecule has 0 spiro atoms. The maximum absolute atomic E-state index is 5.10. The Morgan fingerprint density at radius 3 is 2.56 bits per heavy atom. The van der Waals surface area contributed by atoms with Crippen molar-refractivity contribution in [1.29, 1.82) is 0 Å². The number of ether oxygens (including phenoxy) is 1. The molecule has 2 saturated carbocycles. The van der Waals surface area contributed by atoms with E-state index < -0.39 is 0 Å². The number of nitrogens with one attached hydrogen (secondary N) is 2. The Bertz CT molecular complexity index is 382. The summed E-state index contributed by atoms with van der Waals surface area (Å²) in [5.41, 5.74) is 0. The summed E-state index contributed by atoms with van der Waals surface area (Å²) < 4.78 is 5.10. The Hall–Kier alpha value is -0.850. The molecular formula is C19H39N5O. The zero-order chi connectivity index (χ0) is 17.9. The van der Waals surface area contributed by atoms with Crippen molar-refractivity contribution in [2.24, 2.45) is 10.9 Å². The molecule has 0 aromatic heterocycles. The van der Waals surface area contributed by atoms with E-state index in [2.05, 4.69) is 34.4 Å². The SMILES string of the molecule is CCNC(=NCCN(CC1CC1)C1CC1)NCCN(C)CCCOC. The van der Waals surface area contributed by atoms with Gasteiger partial charge in [0.2, 0.25) is 0 Å². The number of guanidine groups is 1. The summed E-state index contributed by atoms with van der Waals surface area (Å²) in [5, 5.41) is 6.82. The Morgan fingerprint density at radius 2 is 1.92 bits per heavy atom. The van der Waals surface area contributed by atoms with Crippen molar-refractivity contribution in [3.05, 3.63) is 0 Å². The molecule has 0 heterocycles. The van der Waals surface area contributed by atoms with Crippen molar-refractivity contribution < 1.29 is 4.74 Å². The van der Waals surface area contributed by atoms with Gasteiger partial charge in [0, 0.05) is 59.0 Å². The number of nitrogens with zero attached hydrogens (tertiary/aromatic N) is 3. The van der Waals surface area contributed by atoms with E-state index in [0.29, 0.717) is 0 Å². The maximum atomic E-state index is 5.10. The standard InChI is InChI=1S/C19H39N5O/c1-4-20-19(21-10-13-23(2)12-5-15-25-3)22-11-14-24(18-8-9-18)16-17-6-7-17/h17-18H,4-16H2,1-3H3,(H2,20,21,22). The molecule has 0 bridgehead atoms. The van der Waals surface area contributed by atoms with Crippen molar-refractivity contribution in [3.8, 4) is 0 Å². The molecule has 2 rings (SSSR count). The minimum atomic E-state index is 0.834. The Labute approximate surface area is 154 Å². The number of hydrogen-bond acceptors (Lipinski definition) is 4. The predicted molar refractivity (Wildman–Crippen MR) is 105 cm³/mol. The molecule has 0 aromatic carbocycles. The van der Waals surface area contributed by atoms with Crippen molar-refractivity contribution in [1.82, 2.24) is 20.4 Å². The highest BCUT2D eigenvalue weighted by Crippen LogP contribution is 2.34. The average Bonchev–Trinajstić information content (AvgIpc) is 3.47. The topological polar surface area (TPSA) is 52.1 Å². The van der Waals surface area contributed by atoms with E-state index in [1.54, 1.807) is 7.11 Å². The first-order valence-corrected chi connectivity index (χ1v) is 10.2. The van der Waals surface area contributed by atoms with E-state index in [1.165, 1.54) is 32.2 Å². The quantitative estimate of drug-likeness (QED) is 0.281. The molecule has 2 aliphatic carbocycles. The third-order valence-corrected chi connectivity index (χ3v) is 4.93. The second-order valence-electron chi connectivity index (χ2n) is 7.51. The molecule has 0 unspecified atom stereocenters. The van der Waals surface area contributed by atoms with Gasteiger partial charge in [0.05, 0.1) is 6.54 Å². The Morgan fingerprint density at radius 1 is 1.12 bits per heavy atom. The van der Waals surface area contributed by atoms with Crippen LogP contribution in [0.1, 0.15) is 39.0 Å². The summed E-state index contributed by atoms with van der Waals surface area (Å²) in [5.74, 6) is 1.93. The van der Waals surface area contributed by atoms with E-state index in [-0.39, 0.29) is 0 Å². The van der Waals surface area contributed by atoms with Gasteiger partial charge in [-0.1, -0.05) is 0 Å². The molecule has 146 valence electrons. The van der Waals surface area contributed by atoms with Crippen LogP contribution in [0.3, 0.4) is 0 Å². The molecule has 25 heavy (non-hydrogen) atoms. The van der Waals surface area contributed by atoms with Gasteiger partial charge >= 0.3 is 0 Å². The summed E-state index contributed by atoms with van der Waals surface area (Å²) in [6, 6.07) is 0.854. The highest BCUT2D eigenvalue weighted by molar-refractivity contribution is 5.79. The molecule has 0 saturated heterocycles. The van der Waals surface area contributed by atoms with Gasteiger partial charge < -0.3 is 20.3 Å². The van der Waals surface area contributed by atoms with Gasteiger partial charge in [-0.3, -0.25) is 9.89 Å². The Kier molecular flexibility index (Phi) is 9.58. The summed E-state index contributed by atoms with van der Waals surface area (Å²) >= 11 is 0. The second-order valence-corrected chi connectivity index (χ2v) is 7.51. The Balaban J connectivity index is 1.62. The first-order valence-electron chi connectivity index (χ1n) is 10.2. The molecule has 0 atom stereocenters. The zero-order valence-electron chi connectivity index (χ0n) is 16.6. The zero-order valence-corrected chi connectivity index (χ0v) is 16.6. The van der Waals surface area contributed by atoms with Crippen LogP contribution in [0, 0.1) is 5.92 Å². The van der Waals surface area contributed by atoms with Gasteiger partial charge in [0.1, 0.15) is 0 Å². The monoisotopic (exact) mass is 353 g/mol. The van der Waals surface area contributed by atoms with Crippen molar-refractivity contribution >= 4 is 5.96 Å². The van der Waals surface area contributed by atoms with Gasteiger partial charge in [-0.15, -0.1) is 0 Å². The highest BCUT2D eigenvalue weighted by atomic mass is 16.5. The number of hydrogen-bond donors (Lipinski definition) is 2. The van der Waals surface area contributed by atoms with Gasteiger partial charge in [-0.05, 0) is 52.0 Å². The van der Waals surface area contributed by atoms with Crippen molar-refractivity contribution in [2.75, 3.05) is 66.6 Å². The van der Waals surface area contributed by atoms with Crippen LogP contribution in [0.5, 0.6) is 0 Å². The molecule has 6 heteroatoms. The lowest BCUT2D eigenvalue weighted by molar-refractivity contribution is 0.180. The smallest absolute Gasteiger partial charge is 0.191 e. The molecule has 2 N–H and O–H groups in total. The minimum absolute atomic E-state index is 0.834. The van der Waals surface area contributed by atoms with Gasteiger partial charge in [-0.25, -0.2) is 0 Å². The van der Waals surface area contributed by atoms with Crippen LogP contribution in [-0.4, -0.2) is 88.4 Å². The normalized spacial score (nSPS) is 18.2. The van der Waals surface area contributed by atoms with E-state index >= 15 is 0 Å². The van der Waals surface area contributed by atoms with Crippen LogP contribution in [0.25, 0.3) is 0 Å². The van der Waals surface area contributed by atoms with Crippen LogP contribution in [0.15, 0.2) is 4.99 Å². The lowest BCUT2D eigenvalue weighted by atomic mass is 10.3. The van der Waals surface area contributed by atoms with Crippen LogP contribution >= 0.6 is 0 Å². The fraction of sp³-hybridized carbons (Fsp3) is 0.947. The fourth-order valence-corrected chi connectivity index (χ4v) is 3.08. The van der Waals surface area contributed by atoms with E-state index in [1.807, 2.05) is 0 Å². The largest absolute Gasteiger partial charge is 0.385 e. The third-order valence-electron chi connectivity index (χ3n) is 4.93. The van der Waals surface area contributed by atoms with Crippen LogP contribution in [-0.2, 0) is 4.74 Å². The van der Waals surface area contributed by atoms with Gasteiger partial charge in [0.25, 0.3) is 0 Å². The highest BCUT2D eigenvalue weighted by Gasteiger charge is 2.33. The van der Waals surface area contributed by atoms with E-state index in [0.717, 1.165) is 70.2 Å². The second kappa shape index (κ2) is 11.7. The van der Waals surface area contributed by atoms with Gasteiger partial charge in [0.15, 0.2) is 5.96 Å². The first kappa shape index (κ1) is 20.5. The predicted octanol–water partition coefficient (Wildman–Crippen LogP) is 1.38. The van der Waals surface area contributed by atoms with Gasteiger partial charge in [-0.2, -0.15) is 0 Å². The molecule has 2 fully saturated rings. The van der Waals surface area contributed by atoms with Crippen LogP contribution in [0.4, 0.5) is 0 Å². The summed E-state index contributed by atoms with van der Waals surface area (Å²) in [6.07, 6.45) is 6.75. The fourth-order valence-electron chi connectivity index (χ4n) is 3.08. The average molecular weight is 354 g/mol. The molecule has 2 aliphatic rings. The lowest BCUT2D eigenvalue weighted by Gasteiger charge is -2.21. The number of aliphatic imine (C=N–C) groups is 1. The molecule has 0 aromatic rings. The van der Waals surface area contributed by atoms with Crippen molar-refractivity contribution in [3.63, 3.8) is 0 Å². The maximum Gasteiger partial charge on any atom is 0.191 e. The molecule has 0 amide bonds. The van der Waals surface area contributed by atoms with Crippen LogP contribution < -0.4 is 10.6 Å². The van der Waals surface area contributed by atoms with Crippen molar-refractivity contribution in [2.45, 2.75) is 45.1 Å².